The third kappa shape index (κ3) is 3.68. The van der Waals surface area contributed by atoms with E-state index in [1.807, 2.05) is 32.9 Å². The van der Waals surface area contributed by atoms with E-state index in [0.717, 1.165) is 29.5 Å². The van der Waals surface area contributed by atoms with Crippen molar-refractivity contribution in [2.75, 3.05) is 6.54 Å². The number of amides is 2. The maximum absolute atomic E-state index is 12.6. The molecule has 2 aliphatic rings. The van der Waals surface area contributed by atoms with Crippen LogP contribution in [0.3, 0.4) is 0 Å². The Morgan fingerprint density at radius 1 is 1.28 bits per heavy atom. The maximum Gasteiger partial charge on any atom is 0.410 e. The van der Waals surface area contributed by atoms with E-state index in [1.165, 1.54) is 4.90 Å². The van der Waals surface area contributed by atoms with Crippen molar-refractivity contribution in [3.8, 4) is 0 Å². The van der Waals surface area contributed by atoms with Gasteiger partial charge in [-0.1, -0.05) is 11.6 Å². The molecular weight excluding hydrogens is 344 g/mol. The van der Waals surface area contributed by atoms with Crippen LogP contribution in [-0.4, -0.2) is 39.2 Å². The van der Waals surface area contributed by atoms with Crippen LogP contribution in [0.1, 0.15) is 56.3 Å². The molecule has 0 saturated carbocycles. The molecule has 0 radical (unpaired) electrons. The highest BCUT2D eigenvalue weighted by Gasteiger charge is 2.36. The number of carboxylic acid groups (broad SMARTS) is 1. The Morgan fingerprint density at radius 3 is 2.64 bits per heavy atom. The Bertz CT molecular complexity index is 714. The lowest BCUT2D eigenvalue weighted by atomic mass is 9.96. The molecule has 1 aromatic carbocycles. The summed E-state index contributed by atoms with van der Waals surface area (Å²) in [7, 11) is 0. The fraction of sp³-hybridized carbons (Fsp3) is 0.556. The highest BCUT2D eigenvalue weighted by atomic mass is 35.5. The number of ether oxygens (including phenoxy) is 1. The smallest absolute Gasteiger partial charge is 0.410 e. The van der Waals surface area contributed by atoms with Gasteiger partial charge in [0.25, 0.3) is 0 Å². The molecule has 2 heterocycles. The number of hydrogen-bond donors (Lipinski definition) is 1. The molecule has 0 aliphatic carbocycles. The molecule has 0 spiro atoms. The first-order chi connectivity index (χ1) is 11.7. The van der Waals surface area contributed by atoms with E-state index >= 15 is 0 Å². The number of fused-ring (bicyclic) bond motifs is 1. The van der Waals surface area contributed by atoms with Crippen LogP contribution in [0.5, 0.6) is 0 Å². The molecule has 0 aromatic heterocycles. The molecule has 1 atom stereocenters. The van der Waals surface area contributed by atoms with Gasteiger partial charge in [-0.05, 0) is 62.4 Å². The fourth-order valence-electron chi connectivity index (χ4n) is 3.56. The first kappa shape index (κ1) is 17.9. The van der Waals surface area contributed by atoms with Crippen LogP contribution in [0, 0.1) is 0 Å². The summed E-state index contributed by atoms with van der Waals surface area (Å²) in [6, 6.07) is 3.55. The van der Waals surface area contributed by atoms with Gasteiger partial charge in [-0.15, -0.1) is 0 Å². The number of carbonyl (C=O) groups excluding carboxylic acids is 1. The zero-order valence-corrected chi connectivity index (χ0v) is 15.5. The van der Waals surface area contributed by atoms with Crippen LogP contribution in [0.25, 0.3) is 0 Å². The maximum atomic E-state index is 12.6. The molecule has 2 aliphatic heterocycles. The monoisotopic (exact) mass is 366 g/mol. The molecule has 1 N–H and O–H groups in total. The second kappa shape index (κ2) is 6.41. The molecule has 1 saturated heterocycles. The zero-order valence-electron chi connectivity index (χ0n) is 14.7. The predicted octanol–water partition coefficient (Wildman–Crippen LogP) is 4.41. The Morgan fingerprint density at radius 2 is 2.00 bits per heavy atom. The molecule has 2 amide bonds. The summed E-state index contributed by atoms with van der Waals surface area (Å²) in [5.74, 6) is 0. The van der Waals surface area contributed by atoms with E-state index in [2.05, 4.69) is 0 Å². The molecule has 1 aromatic rings. The van der Waals surface area contributed by atoms with Crippen molar-refractivity contribution in [1.82, 2.24) is 9.80 Å². The topological polar surface area (TPSA) is 70.1 Å². The molecule has 136 valence electrons. The quantitative estimate of drug-likeness (QED) is 0.799. The van der Waals surface area contributed by atoms with Gasteiger partial charge in [0.15, 0.2) is 0 Å². The van der Waals surface area contributed by atoms with Crippen molar-refractivity contribution in [1.29, 1.82) is 0 Å². The molecule has 3 rings (SSSR count). The summed E-state index contributed by atoms with van der Waals surface area (Å²) >= 11 is 6.27. The molecule has 7 heteroatoms. The average molecular weight is 367 g/mol. The first-order valence-corrected chi connectivity index (χ1v) is 8.82. The van der Waals surface area contributed by atoms with Gasteiger partial charge in [0.05, 0.1) is 12.6 Å². The second-order valence-electron chi connectivity index (χ2n) is 7.60. The third-order valence-corrected chi connectivity index (χ3v) is 4.78. The summed E-state index contributed by atoms with van der Waals surface area (Å²) in [6.45, 7) is 6.82. The van der Waals surface area contributed by atoms with E-state index in [4.69, 9.17) is 16.3 Å². The number of likely N-dealkylation sites (tertiary alicyclic amines) is 1. The lowest BCUT2D eigenvalue weighted by molar-refractivity contribution is 0.0223. The Balaban J connectivity index is 1.92. The molecule has 0 unspecified atom stereocenters. The summed E-state index contributed by atoms with van der Waals surface area (Å²) in [5, 5.41) is 9.85. The van der Waals surface area contributed by atoms with Crippen molar-refractivity contribution in [2.24, 2.45) is 0 Å². The number of hydrogen-bond acceptors (Lipinski definition) is 3. The standard InChI is InChI=1S/C18H23ClN2O4/c1-18(2,3)25-17(24)21-6-4-5-15(21)13-8-12(19)7-11-9-20(16(22)23)10-14(11)13/h7-8,15H,4-6,9-10H2,1-3H3,(H,22,23)/t15-/m0/s1. The minimum Gasteiger partial charge on any atom is -0.465 e. The summed E-state index contributed by atoms with van der Waals surface area (Å²) in [4.78, 5) is 27.0. The van der Waals surface area contributed by atoms with Gasteiger partial charge in [-0.2, -0.15) is 0 Å². The highest BCUT2D eigenvalue weighted by Crippen LogP contribution is 2.40. The van der Waals surface area contributed by atoms with Crippen molar-refractivity contribution in [2.45, 2.75) is 58.3 Å². The van der Waals surface area contributed by atoms with E-state index in [0.29, 0.717) is 24.7 Å². The van der Waals surface area contributed by atoms with Gasteiger partial charge in [0, 0.05) is 18.1 Å². The van der Waals surface area contributed by atoms with Crippen LogP contribution in [-0.2, 0) is 17.8 Å². The molecule has 25 heavy (non-hydrogen) atoms. The van der Waals surface area contributed by atoms with Crippen LogP contribution in [0.4, 0.5) is 9.59 Å². The van der Waals surface area contributed by atoms with Crippen LogP contribution in [0.15, 0.2) is 12.1 Å². The molecular formula is C18H23ClN2O4. The number of benzene rings is 1. The lowest BCUT2D eigenvalue weighted by Gasteiger charge is -2.30. The van der Waals surface area contributed by atoms with E-state index < -0.39 is 11.7 Å². The average Bonchev–Trinajstić information content (AvgIpc) is 3.10. The Hall–Kier alpha value is -1.95. The number of nitrogens with zero attached hydrogens (tertiary/aromatic N) is 2. The second-order valence-corrected chi connectivity index (χ2v) is 8.04. The summed E-state index contributed by atoms with van der Waals surface area (Å²) in [5.41, 5.74) is 2.27. The Labute approximate surface area is 152 Å². The van der Waals surface area contributed by atoms with Crippen LogP contribution >= 0.6 is 11.6 Å². The first-order valence-electron chi connectivity index (χ1n) is 8.44. The minimum atomic E-state index is -0.950. The van der Waals surface area contributed by atoms with Crippen molar-refractivity contribution in [3.05, 3.63) is 33.8 Å². The SMILES string of the molecule is CC(C)(C)OC(=O)N1CCC[C@H]1c1cc(Cl)cc2c1CN(C(=O)O)C2. The number of carbonyl (C=O) groups is 2. The van der Waals surface area contributed by atoms with E-state index in [9.17, 15) is 14.7 Å². The van der Waals surface area contributed by atoms with Crippen molar-refractivity contribution < 1.29 is 19.4 Å². The number of halogens is 1. The minimum absolute atomic E-state index is 0.129. The Kier molecular flexibility index (Phi) is 4.58. The highest BCUT2D eigenvalue weighted by molar-refractivity contribution is 6.30. The summed E-state index contributed by atoms with van der Waals surface area (Å²) < 4.78 is 5.53. The van der Waals surface area contributed by atoms with Gasteiger partial charge < -0.3 is 14.7 Å². The van der Waals surface area contributed by atoms with Gasteiger partial charge in [-0.3, -0.25) is 4.90 Å². The lowest BCUT2D eigenvalue weighted by Crippen LogP contribution is -2.36. The van der Waals surface area contributed by atoms with Crippen molar-refractivity contribution >= 4 is 23.8 Å². The van der Waals surface area contributed by atoms with Crippen molar-refractivity contribution in [3.63, 3.8) is 0 Å². The van der Waals surface area contributed by atoms with Gasteiger partial charge in [0.2, 0.25) is 0 Å². The molecule has 6 nitrogen and oxygen atoms in total. The van der Waals surface area contributed by atoms with Gasteiger partial charge >= 0.3 is 12.2 Å². The summed E-state index contributed by atoms with van der Waals surface area (Å²) in [6.07, 6.45) is 0.415. The molecule has 0 bridgehead atoms. The third-order valence-electron chi connectivity index (χ3n) is 4.56. The largest absolute Gasteiger partial charge is 0.465 e. The normalized spacial score (nSPS) is 19.9. The fourth-order valence-corrected chi connectivity index (χ4v) is 3.81. The van der Waals surface area contributed by atoms with Gasteiger partial charge in [-0.25, -0.2) is 9.59 Å². The van der Waals surface area contributed by atoms with Gasteiger partial charge in [0.1, 0.15) is 5.60 Å². The molecule has 1 fully saturated rings. The van der Waals surface area contributed by atoms with Crippen LogP contribution in [0.2, 0.25) is 5.02 Å². The van der Waals surface area contributed by atoms with E-state index in [-0.39, 0.29) is 12.1 Å². The van der Waals surface area contributed by atoms with E-state index in [1.54, 1.807) is 4.90 Å². The zero-order chi connectivity index (χ0) is 18.4. The number of rotatable bonds is 1. The van der Waals surface area contributed by atoms with Crippen LogP contribution < -0.4 is 0 Å². The predicted molar refractivity (Wildman–Crippen MR) is 93.6 cm³/mol.